The van der Waals surface area contributed by atoms with Crippen molar-refractivity contribution in [1.29, 1.82) is 0 Å². The van der Waals surface area contributed by atoms with Crippen LogP contribution in [0, 0.1) is 6.92 Å². The molecule has 1 atom stereocenters. The minimum Gasteiger partial charge on any atom is -0.356 e. The molecule has 1 aromatic heterocycles. The topological polar surface area (TPSA) is 67.2 Å². The molecular weight excluding hydrogens is 412 g/mol. The van der Waals surface area contributed by atoms with Crippen molar-refractivity contribution in [2.24, 2.45) is 0 Å². The SMILES string of the molecule is Cc1ccccc1CC(=O)NCCCc1nc2ccccc2n1CC(=O)N1CCCCC1C. The van der Waals surface area contributed by atoms with Crippen LogP contribution >= 0.6 is 0 Å². The van der Waals surface area contributed by atoms with Crippen molar-refractivity contribution in [2.45, 2.75) is 65.0 Å². The Balaban J connectivity index is 1.38. The number of carbonyl (C=O) groups excluding carboxylic acids is 2. The summed E-state index contributed by atoms with van der Waals surface area (Å²) in [6.45, 7) is 5.92. The molecule has 1 saturated heterocycles. The first-order chi connectivity index (χ1) is 16.0. The second-order valence-corrected chi connectivity index (χ2v) is 9.09. The fraction of sp³-hybridized carbons (Fsp3) is 0.444. The van der Waals surface area contributed by atoms with Crippen LogP contribution in [0.2, 0.25) is 0 Å². The van der Waals surface area contributed by atoms with Crippen molar-refractivity contribution in [3.8, 4) is 0 Å². The fourth-order valence-electron chi connectivity index (χ4n) is 4.71. The van der Waals surface area contributed by atoms with E-state index in [0.29, 0.717) is 32.0 Å². The lowest BCUT2D eigenvalue weighted by Crippen LogP contribution is -2.43. The molecule has 4 rings (SSSR count). The van der Waals surface area contributed by atoms with E-state index in [1.807, 2.05) is 60.4 Å². The van der Waals surface area contributed by atoms with Crippen LogP contribution in [0.5, 0.6) is 0 Å². The number of hydrogen-bond donors (Lipinski definition) is 1. The van der Waals surface area contributed by atoms with E-state index < -0.39 is 0 Å². The van der Waals surface area contributed by atoms with Gasteiger partial charge in [-0.05, 0) is 62.8 Å². The number of nitrogens with one attached hydrogen (secondary N) is 1. The number of hydrogen-bond acceptors (Lipinski definition) is 3. The molecule has 174 valence electrons. The number of rotatable bonds is 8. The molecule has 6 heteroatoms. The molecule has 0 saturated carbocycles. The summed E-state index contributed by atoms with van der Waals surface area (Å²) in [6, 6.07) is 16.3. The number of likely N-dealkylation sites (tertiary alicyclic amines) is 1. The predicted octanol–water partition coefficient (Wildman–Crippen LogP) is 4.04. The Morgan fingerprint density at radius 2 is 1.88 bits per heavy atom. The summed E-state index contributed by atoms with van der Waals surface area (Å²) in [5, 5.41) is 3.03. The smallest absolute Gasteiger partial charge is 0.242 e. The fourth-order valence-corrected chi connectivity index (χ4v) is 4.71. The lowest BCUT2D eigenvalue weighted by Gasteiger charge is -2.33. The third-order valence-electron chi connectivity index (χ3n) is 6.66. The summed E-state index contributed by atoms with van der Waals surface area (Å²) in [7, 11) is 0. The molecule has 1 unspecified atom stereocenters. The first-order valence-electron chi connectivity index (χ1n) is 12.1. The van der Waals surface area contributed by atoms with E-state index >= 15 is 0 Å². The number of aryl methyl sites for hydroxylation is 2. The summed E-state index contributed by atoms with van der Waals surface area (Å²) >= 11 is 0. The largest absolute Gasteiger partial charge is 0.356 e. The Bertz CT molecular complexity index is 1120. The highest BCUT2D eigenvalue weighted by molar-refractivity contribution is 5.81. The zero-order valence-corrected chi connectivity index (χ0v) is 19.7. The molecule has 2 aromatic carbocycles. The van der Waals surface area contributed by atoms with Crippen LogP contribution in [0.15, 0.2) is 48.5 Å². The Morgan fingerprint density at radius 1 is 1.09 bits per heavy atom. The maximum atomic E-state index is 13.1. The molecule has 1 N–H and O–H groups in total. The molecule has 1 aliphatic heterocycles. The first kappa shape index (κ1) is 23.0. The molecule has 2 heterocycles. The zero-order valence-electron chi connectivity index (χ0n) is 19.7. The van der Waals surface area contributed by atoms with Crippen molar-refractivity contribution in [3.05, 3.63) is 65.5 Å². The first-order valence-corrected chi connectivity index (χ1v) is 12.1. The average Bonchev–Trinajstić information content (AvgIpc) is 3.16. The van der Waals surface area contributed by atoms with E-state index in [1.54, 1.807) is 0 Å². The molecule has 1 aliphatic rings. The van der Waals surface area contributed by atoms with Gasteiger partial charge in [0, 0.05) is 25.6 Å². The van der Waals surface area contributed by atoms with Crippen molar-refractivity contribution < 1.29 is 9.59 Å². The van der Waals surface area contributed by atoms with Gasteiger partial charge in [0.2, 0.25) is 11.8 Å². The van der Waals surface area contributed by atoms with Crippen LogP contribution < -0.4 is 5.32 Å². The van der Waals surface area contributed by atoms with Crippen LogP contribution in [0.1, 0.15) is 49.6 Å². The number of para-hydroxylation sites is 2. The van der Waals surface area contributed by atoms with Crippen molar-refractivity contribution >= 4 is 22.8 Å². The monoisotopic (exact) mass is 446 g/mol. The van der Waals surface area contributed by atoms with Gasteiger partial charge in [-0.1, -0.05) is 36.4 Å². The highest BCUT2D eigenvalue weighted by Gasteiger charge is 2.24. The van der Waals surface area contributed by atoms with Gasteiger partial charge in [-0.15, -0.1) is 0 Å². The summed E-state index contributed by atoms with van der Waals surface area (Å²) in [4.78, 5) is 32.3. The van der Waals surface area contributed by atoms with Crippen LogP contribution in [0.25, 0.3) is 11.0 Å². The molecule has 33 heavy (non-hydrogen) atoms. The van der Waals surface area contributed by atoms with Gasteiger partial charge in [-0.25, -0.2) is 4.98 Å². The van der Waals surface area contributed by atoms with E-state index in [4.69, 9.17) is 4.98 Å². The quantitative estimate of drug-likeness (QED) is 0.531. The number of benzene rings is 2. The molecule has 1 fully saturated rings. The van der Waals surface area contributed by atoms with Crippen molar-refractivity contribution in [3.63, 3.8) is 0 Å². The normalized spacial score (nSPS) is 16.2. The van der Waals surface area contributed by atoms with Crippen molar-refractivity contribution in [1.82, 2.24) is 19.8 Å². The summed E-state index contributed by atoms with van der Waals surface area (Å²) in [6.07, 6.45) is 5.23. The number of aromatic nitrogens is 2. The third kappa shape index (κ3) is 5.62. The Hall–Kier alpha value is -3.15. The highest BCUT2D eigenvalue weighted by Crippen LogP contribution is 2.20. The maximum absolute atomic E-state index is 13.1. The molecule has 3 aromatic rings. The number of fused-ring (bicyclic) bond motifs is 1. The van der Waals surface area contributed by atoms with E-state index in [9.17, 15) is 9.59 Å². The molecule has 0 bridgehead atoms. The van der Waals surface area contributed by atoms with Crippen molar-refractivity contribution in [2.75, 3.05) is 13.1 Å². The Kier molecular flexibility index (Phi) is 7.43. The van der Waals surface area contributed by atoms with Gasteiger partial charge in [0.05, 0.1) is 17.5 Å². The van der Waals surface area contributed by atoms with Gasteiger partial charge in [-0.3, -0.25) is 9.59 Å². The van der Waals surface area contributed by atoms with E-state index in [-0.39, 0.29) is 11.8 Å². The second kappa shape index (κ2) is 10.6. The number of imidazole rings is 1. The average molecular weight is 447 g/mol. The van der Waals surface area contributed by atoms with Crippen LogP contribution in [-0.4, -0.2) is 45.4 Å². The lowest BCUT2D eigenvalue weighted by atomic mass is 10.0. The number of nitrogens with zero attached hydrogens (tertiary/aromatic N) is 3. The van der Waals surface area contributed by atoms with Crippen LogP contribution in [0.4, 0.5) is 0 Å². The maximum Gasteiger partial charge on any atom is 0.242 e. The molecule has 0 radical (unpaired) electrons. The van der Waals surface area contributed by atoms with Crippen LogP contribution in [-0.2, 0) is 29.0 Å². The van der Waals surface area contributed by atoms with E-state index in [1.165, 1.54) is 6.42 Å². The lowest BCUT2D eigenvalue weighted by molar-refractivity contribution is -0.135. The van der Waals surface area contributed by atoms with E-state index in [2.05, 4.69) is 16.8 Å². The third-order valence-corrected chi connectivity index (χ3v) is 6.66. The highest BCUT2D eigenvalue weighted by atomic mass is 16.2. The molecule has 6 nitrogen and oxygen atoms in total. The van der Waals surface area contributed by atoms with E-state index in [0.717, 1.165) is 53.8 Å². The molecular formula is C27H34N4O2. The second-order valence-electron chi connectivity index (χ2n) is 9.09. The van der Waals surface area contributed by atoms with Gasteiger partial charge in [0.15, 0.2) is 0 Å². The minimum atomic E-state index is 0.0343. The number of amides is 2. The number of piperidine rings is 1. The molecule has 0 aliphatic carbocycles. The van der Waals surface area contributed by atoms with Gasteiger partial charge in [0.25, 0.3) is 0 Å². The van der Waals surface area contributed by atoms with Gasteiger partial charge < -0.3 is 14.8 Å². The summed E-state index contributed by atoms with van der Waals surface area (Å²) in [5.41, 5.74) is 4.10. The standard InChI is InChI=1S/C27H34N4O2/c1-20-10-3-4-12-22(20)18-26(32)28-16-9-15-25-29-23-13-5-6-14-24(23)31(25)19-27(33)30-17-8-7-11-21(30)2/h3-6,10,12-14,21H,7-9,11,15-19H2,1-2H3,(H,28,32). The predicted molar refractivity (Wildman–Crippen MR) is 131 cm³/mol. The summed E-state index contributed by atoms with van der Waals surface area (Å²) in [5.74, 6) is 1.10. The van der Waals surface area contributed by atoms with Gasteiger partial charge >= 0.3 is 0 Å². The molecule has 2 amide bonds. The molecule has 0 spiro atoms. The Morgan fingerprint density at radius 3 is 2.70 bits per heavy atom. The van der Waals surface area contributed by atoms with Crippen LogP contribution in [0.3, 0.4) is 0 Å². The summed E-state index contributed by atoms with van der Waals surface area (Å²) < 4.78 is 2.06. The zero-order chi connectivity index (χ0) is 23.2. The van der Waals surface area contributed by atoms with Gasteiger partial charge in [-0.2, -0.15) is 0 Å². The number of carbonyl (C=O) groups is 2. The Labute approximate surface area is 196 Å². The van der Waals surface area contributed by atoms with Gasteiger partial charge in [0.1, 0.15) is 12.4 Å². The minimum absolute atomic E-state index is 0.0343.